The largest absolute Gasteiger partial charge is 0.326 e. The third-order valence-corrected chi connectivity index (χ3v) is 3.61. The van der Waals surface area contributed by atoms with Crippen LogP contribution >= 0.6 is 11.6 Å². The molecule has 0 aliphatic carbocycles. The number of carbonyl (C=O) groups excluding carboxylic acids is 2. The molecule has 0 fully saturated rings. The molecule has 0 atom stereocenters. The van der Waals surface area contributed by atoms with Crippen LogP contribution in [0.1, 0.15) is 23.1 Å². The van der Waals surface area contributed by atoms with Crippen LogP contribution in [0.4, 0.5) is 11.4 Å². The first kappa shape index (κ1) is 17.0. The summed E-state index contributed by atoms with van der Waals surface area (Å²) < 4.78 is 0. The van der Waals surface area contributed by atoms with Crippen molar-refractivity contribution >= 4 is 34.8 Å². The summed E-state index contributed by atoms with van der Waals surface area (Å²) in [6.07, 6.45) is -0.251. The molecule has 2 aromatic rings. The molecule has 23 heavy (non-hydrogen) atoms. The molecule has 4 nitrogen and oxygen atoms in total. The Labute approximate surface area is 140 Å². The van der Waals surface area contributed by atoms with Crippen molar-refractivity contribution in [3.63, 3.8) is 0 Å². The SMILES string of the molecule is Cc1cc(C)c(NC(=O)CC(=O)Nc2cccc(Cl)c2)c(C)c1. The Hall–Kier alpha value is -2.33. The van der Waals surface area contributed by atoms with Gasteiger partial charge in [0.2, 0.25) is 11.8 Å². The summed E-state index contributed by atoms with van der Waals surface area (Å²) in [5.41, 5.74) is 4.42. The van der Waals surface area contributed by atoms with Crippen LogP contribution in [0, 0.1) is 20.8 Å². The molecule has 2 amide bonds. The highest BCUT2D eigenvalue weighted by molar-refractivity contribution is 6.30. The predicted molar refractivity (Wildman–Crippen MR) is 94.0 cm³/mol. The van der Waals surface area contributed by atoms with Crippen LogP contribution in [-0.2, 0) is 9.59 Å². The number of carbonyl (C=O) groups is 2. The second kappa shape index (κ2) is 7.29. The predicted octanol–water partition coefficient (Wildman–Crippen LogP) is 4.23. The van der Waals surface area contributed by atoms with Gasteiger partial charge in [-0.15, -0.1) is 0 Å². The van der Waals surface area contributed by atoms with Crippen molar-refractivity contribution in [3.05, 3.63) is 58.1 Å². The van der Waals surface area contributed by atoms with E-state index < -0.39 is 0 Å². The Kier molecular flexibility index (Phi) is 5.40. The fourth-order valence-corrected chi connectivity index (χ4v) is 2.67. The third kappa shape index (κ3) is 4.83. The molecule has 0 radical (unpaired) electrons. The molecule has 120 valence electrons. The minimum absolute atomic E-state index is 0.251. The molecule has 2 aromatic carbocycles. The minimum atomic E-state index is -0.382. The molecular formula is C18H19ClN2O2. The lowest BCUT2D eigenvalue weighted by atomic mass is 10.0. The lowest BCUT2D eigenvalue weighted by molar-refractivity contribution is -0.123. The molecule has 0 saturated carbocycles. The number of hydrogen-bond donors (Lipinski definition) is 2. The van der Waals surface area contributed by atoms with Crippen LogP contribution < -0.4 is 10.6 Å². The van der Waals surface area contributed by atoms with Gasteiger partial charge in [0.15, 0.2) is 0 Å². The van der Waals surface area contributed by atoms with E-state index in [-0.39, 0.29) is 18.2 Å². The van der Waals surface area contributed by atoms with E-state index >= 15 is 0 Å². The molecular weight excluding hydrogens is 312 g/mol. The lowest BCUT2D eigenvalue weighted by Crippen LogP contribution is -2.22. The zero-order valence-electron chi connectivity index (χ0n) is 13.4. The van der Waals surface area contributed by atoms with Gasteiger partial charge in [0.05, 0.1) is 0 Å². The van der Waals surface area contributed by atoms with E-state index in [0.29, 0.717) is 10.7 Å². The van der Waals surface area contributed by atoms with Gasteiger partial charge in [-0.1, -0.05) is 35.4 Å². The van der Waals surface area contributed by atoms with Crippen molar-refractivity contribution in [3.8, 4) is 0 Å². The average Bonchev–Trinajstić information content (AvgIpc) is 2.42. The van der Waals surface area contributed by atoms with E-state index in [4.69, 9.17) is 11.6 Å². The number of aryl methyl sites for hydroxylation is 3. The van der Waals surface area contributed by atoms with Gasteiger partial charge >= 0.3 is 0 Å². The monoisotopic (exact) mass is 330 g/mol. The van der Waals surface area contributed by atoms with Crippen molar-refractivity contribution in [1.82, 2.24) is 0 Å². The van der Waals surface area contributed by atoms with Crippen LogP contribution in [0.25, 0.3) is 0 Å². The first-order valence-corrected chi connectivity index (χ1v) is 7.66. The smallest absolute Gasteiger partial charge is 0.233 e. The number of benzene rings is 2. The number of amides is 2. The zero-order valence-corrected chi connectivity index (χ0v) is 14.1. The van der Waals surface area contributed by atoms with Crippen LogP contribution in [0.5, 0.6) is 0 Å². The maximum absolute atomic E-state index is 12.1. The molecule has 0 heterocycles. The van der Waals surface area contributed by atoms with Crippen LogP contribution in [0.2, 0.25) is 5.02 Å². The maximum atomic E-state index is 12.1. The van der Waals surface area contributed by atoms with E-state index in [1.165, 1.54) is 0 Å². The topological polar surface area (TPSA) is 58.2 Å². The van der Waals surface area contributed by atoms with E-state index in [1.807, 2.05) is 32.9 Å². The molecule has 0 unspecified atom stereocenters. The van der Waals surface area contributed by atoms with Gasteiger partial charge in [-0.3, -0.25) is 9.59 Å². The van der Waals surface area contributed by atoms with Gasteiger partial charge in [-0.2, -0.15) is 0 Å². The summed E-state index contributed by atoms with van der Waals surface area (Å²) in [6.45, 7) is 5.87. The first-order valence-electron chi connectivity index (χ1n) is 7.28. The Morgan fingerprint density at radius 1 is 0.957 bits per heavy atom. The molecule has 0 aliphatic rings. The van der Waals surface area contributed by atoms with Gasteiger partial charge in [-0.25, -0.2) is 0 Å². The van der Waals surface area contributed by atoms with E-state index in [0.717, 1.165) is 22.4 Å². The number of hydrogen-bond acceptors (Lipinski definition) is 2. The van der Waals surface area contributed by atoms with Crippen molar-refractivity contribution in [2.45, 2.75) is 27.2 Å². The molecule has 5 heteroatoms. The van der Waals surface area contributed by atoms with Gasteiger partial charge < -0.3 is 10.6 Å². The Bertz CT molecular complexity index is 733. The number of halogens is 1. The van der Waals surface area contributed by atoms with E-state index in [9.17, 15) is 9.59 Å². The molecule has 2 N–H and O–H groups in total. The van der Waals surface area contributed by atoms with Crippen LogP contribution in [-0.4, -0.2) is 11.8 Å². The highest BCUT2D eigenvalue weighted by Gasteiger charge is 2.13. The highest BCUT2D eigenvalue weighted by Crippen LogP contribution is 2.22. The second-order valence-electron chi connectivity index (χ2n) is 5.56. The Balaban J connectivity index is 1.98. The Morgan fingerprint density at radius 3 is 2.17 bits per heavy atom. The van der Waals surface area contributed by atoms with Gasteiger partial charge in [0.1, 0.15) is 6.42 Å². The van der Waals surface area contributed by atoms with E-state index in [2.05, 4.69) is 10.6 Å². The fraction of sp³-hybridized carbons (Fsp3) is 0.222. The minimum Gasteiger partial charge on any atom is -0.326 e. The summed E-state index contributed by atoms with van der Waals surface area (Å²) in [4.78, 5) is 24.0. The summed E-state index contributed by atoms with van der Waals surface area (Å²) >= 11 is 5.86. The molecule has 0 aliphatic heterocycles. The quantitative estimate of drug-likeness (QED) is 0.824. The lowest BCUT2D eigenvalue weighted by Gasteiger charge is -2.13. The van der Waals surface area contributed by atoms with Crippen molar-refractivity contribution in [1.29, 1.82) is 0 Å². The van der Waals surface area contributed by atoms with Gasteiger partial charge in [-0.05, 0) is 50.1 Å². The van der Waals surface area contributed by atoms with Crippen molar-refractivity contribution < 1.29 is 9.59 Å². The normalized spacial score (nSPS) is 10.3. The van der Waals surface area contributed by atoms with E-state index in [1.54, 1.807) is 24.3 Å². The highest BCUT2D eigenvalue weighted by atomic mass is 35.5. The summed E-state index contributed by atoms with van der Waals surface area (Å²) in [7, 11) is 0. The van der Waals surface area contributed by atoms with Crippen LogP contribution in [0.3, 0.4) is 0 Å². The maximum Gasteiger partial charge on any atom is 0.233 e. The molecule has 0 saturated heterocycles. The van der Waals surface area contributed by atoms with Crippen molar-refractivity contribution in [2.24, 2.45) is 0 Å². The Morgan fingerprint density at radius 2 is 1.57 bits per heavy atom. The summed E-state index contributed by atoms with van der Waals surface area (Å²) in [6, 6.07) is 10.8. The fourth-order valence-electron chi connectivity index (χ4n) is 2.48. The first-order chi connectivity index (χ1) is 10.8. The third-order valence-electron chi connectivity index (χ3n) is 3.37. The zero-order chi connectivity index (χ0) is 17.0. The average molecular weight is 331 g/mol. The number of rotatable bonds is 4. The number of anilines is 2. The van der Waals surface area contributed by atoms with Crippen LogP contribution in [0.15, 0.2) is 36.4 Å². The second-order valence-corrected chi connectivity index (χ2v) is 5.99. The number of nitrogens with one attached hydrogen (secondary N) is 2. The summed E-state index contributed by atoms with van der Waals surface area (Å²) in [5, 5.41) is 5.99. The summed E-state index contributed by atoms with van der Waals surface area (Å²) in [5.74, 6) is -0.730. The van der Waals surface area contributed by atoms with Gasteiger partial charge in [0.25, 0.3) is 0 Å². The molecule has 0 aromatic heterocycles. The van der Waals surface area contributed by atoms with Crippen molar-refractivity contribution in [2.75, 3.05) is 10.6 Å². The van der Waals surface area contributed by atoms with Gasteiger partial charge in [0, 0.05) is 16.4 Å². The molecule has 0 spiro atoms. The molecule has 0 bridgehead atoms. The molecule has 2 rings (SSSR count). The standard InChI is InChI=1S/C18H19ClN2O2/c1-11-7-12(2)18(13(3)8-11)21-17(23)10-16(22)20-15-6-4-5-14(19)9-15/h4-9H,10H2,1-3H3,(H,20,22)(H,21,23).